The Kier molecular flexibility index (Phi) is 7.54. The lowest BCUT2D eigenvalue weighted by Gasteiger charge is -2.10. The molecule has 3 aromatic rings. The number of aromatic nitrogens is 2. The van der Waals surface area contributed by atoms with E-state index < -0.39 is 5.82 Å². The molecule has 2 N–H and O–H groups in total. The average molecular weight is 410 g/mol. The molecule has 1 heterocycles. The molecule has 8 heteroatoms. The maximum atomic E-state index is 12.9. The van der Waals surface area contributed by atoms with Crippen LogP contribution in [-0.4, -0.2) is 34.7 Å². The third-order valence-electron chi connectivity index (χ3n) is 4.24. The summed E-state index contributed by atoms with van der Waals surface area (Å²) in [5.41, 5.74) is 1.03. The van der Waals surface area contributed by atoms with Crippen molar-refractivity contribution in [3.05, 3.63) is 78.4 Å². The first-order chi connectivity index (χ1) is 14.6. The van der Waals surface area contributed by atoms with Crippen LogP contribution in [0.4, 0.5) is 10.1 Å². The van der Waals surface area contributed by atoms with Gasteiger partial charge in [0.25, 0.3) is 5.91 Å². The molecule has 0 saturated heterocycles. The molecule has 0 bridgehead atoms. The summed E-state index contributed by atoms with van der Waals surface area (Å²) in [6.45, 7) is 1.44. The highest BCUT2D eigenvalue weighted by Gasteiger charge is 2.07. The van der Waals surface area contributed by atoms with Crippen molar-refractivity contribution >= 4 is 17.5 Å². The molecule has 2 aromatic carbocycles. The molecule has 0 saturated carbocycles. The summed E-state index contributed by atoms with van der Waals surface area (Å²) in [7, 11) is 0. The number of nitrogens with zero attached hydrogens (tertiary/aromatic N) is 2. The Hall–Kier alpha value is -3.68. The van der Waals surface area contributed by atoms with Gasteiger partial charge in [-0.25, -0.2) is 4.39 Å². The molecule has 1 aromatic heterocycles. The Morgan fingerprint density at radius 3 is 2.70 bits per heavy atom. The van der Waals surface area contributed by atoms with Gasteiger partial charge in [0.2, 0.25) is 5.91 Å². The van der Waals surface area contributed by atoms with Gasteiger partial charge in [0.05, 0.1) is 6.54 Å². The van der Waals surface area contributed by atoms with E-state index in [2.05, 4.69) is 15.7 Å². The normalized spacial score (nSPS) is 10.4. The minimum absolute atomic E-state index is 0.153. The predicted molar refractivity (Wildman–Crippen MR) is 111 cm³/mol. The summed E-state index contributed by atoms with van der Waals surface area (Å²) < 4.78 is 20.4. The maximum absolute atomic E-state index is 12.9. The lowest BCUT2D eigenvalue weighted by molar-refractivity contribution is -0.116. The minimum atomic E-state index is -0.393. The number of amides is 2. The smallest absolute Gasteiger partial charge is 0.251 e. The van der Waals surface area contributed by atoms with E-state index in [1.54, 1.807) is 23.0 Å². The number of rotatable bonds is 10. The van der Waals surface area contributed by atoms with Crippen molar-refractivity contribution in [2.24, 2.45) is 0 Å². The highest BCUT2D eigenvalue weighted by molar-refractivity contribution is 5.94. The minimum Gasteiger partial charge on any atom is -0.492 e. The Bertz CT molecular complexity index is 959. The van der Waals surface area contributed by atoms with E-state index in [4.69, 9.17) is 4.74 Å². The van der Waals surface area contributed by atoms with Gasteiger partial charge in [-0.2, -0.15) is 5.10 Å². The summed E-state index contributed by atoms with van der Waals surface area (Å²) in [5.74, 6) is -0.183. The Morgan fingerprint density at radius 2 is 1.93 bits per heavy atom. The van der Waals surface area contributed by atoms with Crippen LogP contribution in [0.25, 0.3) is 0 Å². The molecule has 0 aliphatic rings. The fraction of sp³-hybridized carbons (Fsp3) is 0.227. The van der Waals surface area contributed by atoms with Crippen LogP contribution in [0.5, 0.6) is 5.75 Å². The SMILES string of the molecule is O=C(CCCNC(=O)c1ccc(F)cc1)Nc1cccc(OCCn2cccn2)c1. The van der Waals surface area contributed by atoms with Crippen molar-refractivity contribution in [3.8, 4) is 5.75 Å². The van der Waals surface area contributed by atoms with Crippen LogP contribution in [0.2, 0.25) is 0 Å². The molecule has 0 spiro atoms. The Morgan fingerprint density at radius 1 is 1.10 bits per heavy atom. The maximum Gasteiger partial charge on any atom is 0.251 e. The Balaban J connectivity index is 1.36. The summed E-state index contributed by atoms with van der Waals surface area (Å²) in [4.78, 5) is 24.1. The second-order valence-corrected chi connectivity index (χ2v) is 6.56. The first kappa shape index (κ1) is 21.0. The van der Waals surface area contributed by atoms with Crippen molar-refractivity contribution in [2.45, 2.75) is 19.4 Å². The van der Waals surface area contributed by atoms with Crippen molar-refractivity contribution < 1.29 is 18.7 Å². The first-order valence-corrected chi connectivity index (χ1v) is 9.64. The molecular formula is C22H23FN4O3. The number of hydrogen-bond donors (Lipinski definition) is 2. The zero-order chi connectivity index (χ0) is 21.2. The average Bonchev–Trinajstić information content (AvgIpc) is 3.25. The molecule has 0 aliphatic heterocycles. The predicted octanol–water partition coefficient (Wildman–Crippen LogP) is 3.25. The number of carbonyl (C=O) groups excluding carboxylic acids is 2. The van der Waals surface area contributed by atoms with Gasteiger partial charge in [-0.3, -0.25) is 14.3 Å². The summed E-state index contributed by atoms with van der Waals surface area (Å²) in [6.07, 6.45) is 4.32. The lowest BCUT2D eigenvalue weighted by atomic mass is 10.2. The van der Waals surface area contributed by atoms with Gasteiger partial charge in [0, 0.05) is 42.7 Å². The van der Waals surface area contributed by atoms with Crippen molar-refractivity contribution in [3.63, 3.8) is 0 Å². The molecule has 0 aliphatic carbocycles. The molecular weight excluding hydrogens is 387 g/mol. The van der Waals surface area contributed by atoms with Crippen LogP contribution in [0.3, 0.4) is 0 Å². The number of halogens is 1. The quantitative estimate of drug-likeness (QED) is 0.503. The van der Waals surface area contributed by atoms with Crippen LogP contribution >= 0.6 is 0 Å². The fourth-order valence-electron chi connectivity index (χ4n) is 2.73. The van der Waals surface area contributed by atoms with Gasteiger partial charge in [-0.1, -0.05) is 6.07 Å². The van der Waals surface area contributed by atoms with Gasteiger partial charge in [-0.05, 0) is 48.9 Å². The van der Waals surface area contributed by atoms with E-state index >= 15 is 0 Å². The number of carbonyl (C=O) groups is 2. The van der Waals surface area contributed by atoms with E-state index in [9.17, 15) is 14.0 Å². The number of ether oxygens (including phenoxy) is 1. The zero-order valence-electron chi connectivity index (χ0n) is 16.4. The third kappa shape index (κ3) is 6.73. The second kappa shape index (κ2) is 10.8. The number of benzene rings is 2. The number of nitrogens with one attached hydrogen (secondary N) is 2. The molecule has 3 rings (SSSR count). The van der Waals surface area contributed by atoms with Crippen LogP contribution in [0.1, 0.15) is 23.2 Å². The topological polar surface area (TPSA) is 85.3 Å². The molecule has 0 unspecified atom stereocenters. The zero-order valence-corrected chi connectivity index (χ0v) is 16.4. The molecule has 0 radical (unpaired) electrons. The van der Waals surface area contributed by atoms with Crippen LogP contribution in [0, 0.1) is 5.82 Å². The fourth-order valence-corrected chi connectivity index (χ4v) is 2.73. The van der Waals surface area contributed by atoms with Crippen LogP contribution in [-0.2, 0) is 11.3 Å². The Labute approximate surface area is 173 Å². The van der Waals surface area contributed by atoms with Gasteiger partial charge in [-0.15, -0.1) is 0 Å². The van der Waals surface area contributed by atoms with E-state index in [-0.39, 0.29) is 18.2 Å². The van der Waals surface area contributed by atoms with Gasteiger partial charge in [0.15, 0.2) is 0 Å². The summed E-state index contributed by atoms with van der Waals surface area (Å²) in [5, 5.41) is 9.64. The third-order valence-corrected chi connectivity index (χ3v) is 4.24. The standard InChI is InChI=1S/C22H23FN4O3/c23-18-9-7-17(8-10-18)22(29)24-11-2-6-21(28)26-19-4-1-5-20(16-19)30-15-14-27-13-3-12-25-27/h1,3-5,7-10,12-13,16H,2,6,11,14-15H2,(H,24,29)(H,26,28). The lowest BCUT2D eigenvalue weighted by Crippen LogP contribution is -2.25. The molecule has 0 atom stereocenters. The highest BCUT2D eigenvalue weighted by Crippen LogP contribution is 2.17. The summed E-state index contributed by atoms with van der Waals surface area (Å²) >= 11 is 0. The molecule has 156 valence electrons. The number of hydrogen-bond acceptors (Lipinski definition) is 4. The van der Waals surface area contributed by atoms with Crippen molar-refractivity contribution in [2.75, 3.05) is 18.5 Å². The first-order valence-electron chi connectivity index (χ1n) is 9.64. The van der Waals surface area contributed by atoms with Gasteiger partial charge in [0.1, 0.15) is 18.2 Å². The van der Waals surface area contributed by atoms with Crippen molar-refractivity contribution in [1.29, 1.82) is 0 Å². The largest absolute Gasteiger partial charge is 0.492 e. The number of anilines is 1. The molecule has 0 fully saturated rings. The van der Waals surface area contributed by atoms with Crippen LogP contribution < -0.4 is 15.4 Å². The monoisotopic (exact) mass is 410 g/mol. The van der Waals surface area contributed by atoms with E-state index in [1.807, 2.05) is 24.4 Å². The molecule has 2 amide bonds. The van der Waals surface area contributed by atoms with Gasteiger partial charge < -0.3 is 15.4 Å². The van der Waals surface area contributed by atoms with E-state index in [1.165, 1.54) is 24.3 Å². The van der Waals surface area contributed by atoms with E-state index in [0.717, 1.165) is 0 Å². The second-order valence-electron chi connectivity index (χ2n) is 6.56. The van der Waals surface area contributed by atoms with Gasteiger partial charge >= 0.3 is 0 Å². The molecule has 30 heavy (non-hydrogen) atoms. The summed E-state index contributed by atoms with van der Waals surface area (Å²) in [6, 6.07) is 14.3. The van der Waals surface area contributed by atoms with E-state index in [0.29, 0.717) is 43.1 Å². The van der Waals surface area contributed by atoms with Crippen molar-refractivity contribution in [1.82, 2.24) is 15.1 Å². The highest BCUT2D eigenvalue weighted by atomic mass is 19.1. The van der Waals surface area contributed by atoms with Crippen LogP contribution in [0.15, 0.2) is 67.0 Å². The molecule has 7 nitrogen and oxygen atoms in total.